The van der Waals surface area contributed by atoms with Gasteiger partial charge in [-0.05, 0) is 185 Å². The number of Topliss-reactive ketones (excluding diaryl/α,β-unsaturated/α-hetero) is 3. The monoisotopic (exact) mass is 1640 g/mol. The number of thiocarbonyl (C=S) groups is 2. The topological polar surface area (TPSA) is 328 Å². The first-order valence-electron chi connectivity index (χ1n) is 36.2. The van der Waals surface area contributed by atoms with Crippen LogP contribution in [0.15, 0.2) is 78.9 Å². The quantitative estimate of drug-likeness (QED) is 0.0224. The second-order valence-corrected chi connectivity index (χ2v) is 27.1. The minimum Gasteiger partial charge on any atom is -0.870 e. The van der Waals surface area contributed by atoms with Crippen molar-refractivity contribution < 1.29 is 140 Å². The molecule has 3 unspecified atom stereocenters. The van der Waals surface area contributed by atoms with Crippen molar-refractivity contribution >= 4 is 106 Å². The van der Waals surface area contributed by atoms with Gasteiger partial charge in [-0.25, -0.2) is 0 Å². The van der Waals surface area contributed by atoms with Crippen LogP contribution >= 0.6 is 57.8 Å². The van der Waals surface area contributed by atoms with Gasteiger partial charge in [-0.2, -0.15) is 0 Å². The molecule has 0 aromatic heterocycles. The van der Waals surface area contributed by atoms with Gasteiger partial charge >= 0.3 is 35.5 Å². The molecular formula is C77H120B2ClNNaO23S4-. The number of fused-ring (bicyclic) bond motifs is 4. The Morgan fingerprint density at radius 1 is 0.532 bits per heavy atom. The summed E-state index contributed by atoms with van der Waals surface area (Å²) in [7, 11) is 17.8. The van der Waals surface area contributed by atoms with Crippen LogP contribution in [0, 0.1) is 5.92 Å². The summed E-state index contributed by atoms with van der Waals surface area (Å²) in [6.45, 7) is 15.5. The van der Waals surface area contributed by atoms with Crippen LogP contribution < -0.4 is 29.6 Å². The predicted octanol–water partition coefficient (Wildman–Crippen LogP) is 8.07. The Bertz CT molecular complexity index is 3390. The van der Waals surface area contributed by atoms with Crippen molar-refractivity contribution in [3.8, 4) is 0 Å². The Morgan fingerprint density at radius 3 is 1.21 bits per heavy atom. The number of ketones is 3. The Balaban J connectivity index is -0.00000126. The molecule has 0 spiro atoms. The van der Waals surface area contributed by atoms with Crippen LogP contribution in [-0.2, 0) is 131 Å². The maximum Gasteiger partial charge on any atom is 1.00 e. The number of aliphatic hydroxyl groups is 2. The number of hydrogen-bond acceptors (Lipinski definition) is 27. The number of methoxy groups -OCH3 is 9. The molecule has 0 saturated carbocycles. The van der Waals surface area contributed by atoms with Crippen LogP contribution in [0.2, 0.25) is 0 Å². The Labute approximate surface area is 701 Å². The number of aldehydes is 1. The normalized spacial score (nSPS) is 27.0. The van der Waals surface area contributed by atoms with E-state index in [2.05, 4.69) is 55.6 Å². The minimum atomic E-state index is -1.14. The van der Waals surface area contributed by atoms with Gasteiger partial charge in [-0.15, -0.1) is 10.8 Å². The number of carbonyl (C=O) groups is 5. The second kappa shape index (κ2) is 58.5. The van der Waals surface area contributed by atoms with E-state index in [1.54, 1.807) is 81.7 Å². The first-order chi connectivity index (χ1) is 51.4. The zero-order valence-corrected chi connectivity index (χ0v) is 71.0. The first-order valence-corrected chi connectivity index (χ1v) is 37.2. The molecule has 4 aromatic rings. The summed E-state index contributed by atoms with van der Waals surface area (Å²) < 4.78 is 111. The van der Waals surface area contributed by atoms with E-state index in [4.69, 9.17) is 91.3 Å². The summed E-state index contributed by atoms with van der Waals surface area (Å²) in [5.74, 6) is 0.861. The fraction of sp³-hybridized carbons (Fsp3) is 0.610. The van der Waals surface area contributed by atoms with Crippen LogP contribution in [0.1, 0.15) is 153 Å². The van der Waals surface area contributed by atoms with Gasteiger partial charge in [0.2, 0.25) is 7.05 Å². The van der Waals surface area contributed by atoms with E-state index in [1.807, 2.05) is 79.7 Å². The minimum absolute atomic E-state index is 0. The molecular weight excluding hydrogens is 1520 g/mol. The van der Waals surface area contributed by atoms with E-state index in [0.29, 0.717) is 29.1 Å². The standard InChI is InChI=1S/C20H28O6.C13H14O3.C11H12O2.C10H12.C9H19BO5S.C9H18O5.C2H4O.CS2.2CH4.BClH2S.H2N.Na.H2O/c1-11(21)13-6-7-14-9-16(10-15(14)8-13)26-20-19(24-5)18(23-4)17(22-3)12(2)25-20;1-8(14)10-3-4-11-6-13(16-9(2)15)7-12(11)5-10;1-7(12)8-2-3-9-5-11(13)6-10(9)4-8;1-8-6-9-4-2-3-5-10(9)7-8;1-5-6(11-2)7(12-3)8(13-4)9(14-5)15-16-10;1-5-6(11-2)7(12-3)8(13-4)9(10)14-5;1-2-3;2-1-3;;;1-3-2;;;/h6-8,12,16-20H,9-10H2,1-5H3;3-5,13H,6-7H2,1-2H3;2-4,11,13H,5-6H2,1H3;2-5,8H,6-7H2,1H3;5-9H,10H2,1-4H3;5-10H,1-4H3;2H,1H3;;2*1H4;1H2;1H2;;1H2/q;;;;;;;;;;;-1;+1;/p-1/t12-,16?,17-,18+,19+,20-;;;;5-,6-,7+,8+,9-;5-,6-,7+,8+,9+;;;;;;;;/m0...00......../s1/i;;;;10TD;;;;;;1TD;;;. The van der Waals surface area contributed by atoms with E-state index in [-0.39, 0.29) is 159 Å². The third-order valence-electron chi connectivity index (χ3n) is 18.3. The van der Waals surface area contributed by atoms with Gasteiger partial charge in [0.1, 0.15) is 67.3 Å². The first kappa shape index (κ1) is 102. The molecule has 3 fully saturated rings. The van der Waals surface area contributed by atoms with Crippen molar-refractivity contribution in [2.45, 2.75) is 239 Å². The van der Waals surface area contributed by atoms with Crippen molar-refractivity contribution in [3.05, 3.63) is 146 Å². The van der Waals surface area contributed by atoms with E-state index >= 15 is 0 Å². The van der Waals surface area contributed by atoms with Gasteiger partial charge in [0.05, 0.1) is 30.5 Å². The van der Waals surface area contributed by atoms with Crippen LogP contribution in [0.25, 0.3) is 6.15 Å². The molecule has 11 rings (SSSR count). The van der Waals surface area contributed by atoms with Crippen LogP contribution in [0.5, 0.6) is 0 Å². The fourth-order valence-corrected chi connectivity index (χ4v) is 13.8. The number of halogens is 1. The van der Waals surface area contributed by atoms with Crippen molar-refractivity contribution in [3.63, 3.8) is 0 Å². The van der Waals surface area contributed by atoms with Gasteiger partial charge < -0.3 is 93.0 Å². The molecule has 18 atom stereocenters. The molecule has 5 N–H and O–H groups in total. The van der Waals surface area contributed by atoms with Crippen LogP contribution in [-0.4, -0.2) is 243 Å². The number of aliphatic hydroxyl groups excluding tert-OH is 2. The van der Waals surface area contributed by atoms with Gasteiger partial charge in [0, 0.05) is 105 Å². The molecule has 610 valence electrons. The molecule has 3 saturated heterocycles. The molecule has 0 amide bonds. The van der Waals surface area contributed by atoms with E-state index in [9.17, 15) is 29.4 Å². The van der Waals surface area contributed by atoms with Crippen molar-refractivity contribution in [1.29, 1.82) is 5.34 Å². The molecule has 4 aliphatic carbocycles. The average Bonchev–Trinajstić information content (AvgIpc) is 1.43. The molecule has 0 radical (unpaired) electrons. The number of hydrogen-bond donors (Lipinski definition) is 2. The molecule has 0 bridgehead atoms. The Morgan fingerprint density at radius 2 is 0.844 bits per heavy atom. The summed E-state index contributed by atoms with van der Waals surface area (Å²) in [4.78, 5) is 53.5. The number of nitrogens with two attached hydrogens (primary N) is 1. The van der Waals surface area contributed by atoms with Gasteiger partial charge in [-0.1, -0.05) is 105 Å². The van der Waals surface area contributed by atoms with E-state index in [1.165, 1.54) is 63.2 Å². The third kappa shape index (κ3) is 34.2. The molecule has 109 heavy (non-hydrogen) atoms. The summed E-state index contributed by atoms with van der Waals surface area (Å²) in [5, 5.41) is 19.0. The van der Waals surface area contributed by atoms with Gasteiger partial charge in [-0.3, -0.25) is 23.4 Å². The van der Waals surface area contributed by atoms with E-state index in [0.717, 1.165) is 72.1 Å². The summed E-state index contributed by atoms with van der Waals surface area (Å²) in [5.41, 5.74) is 12.3. The van der Waals surface area contributed by atoms with Gasteiger partial charge in [0.15, 0.2) is 43.3 Å². The third-order valence-corrected chi connectivity index (χ3v) is 18.6. The smallest absolute Gasteiger partial charge is 0.870 e. The maximum atomic E-state index is 11.6. The van der Waals surface area contributed by atoms with Crippen molar-refractivity contribution in [2.75, 3.05) is 64.0 Å². The average molecular weight is 1640 g/mol. The maximum absolute atomic E-state index is 11.6. The van der Waals surface area contributed by atoms with Crippen LogP contribution in [0.3, 0.4) is 0 Å². The zero-order chi connectivity index (χ0) is 81.1. The largest absolute Gasteiger partial charge is 1.00 e. The molecule has 3 aliphatic heterocycles. The number of rotatable bonds is 19. The summed E-state index contributed by atoms with van der Waals surface area (Å²) >= 11 is 8.63. The van der Waals surface area contributed by atoms with Crippen LogP contribution in [0.4, 0.5) is 0 Å². The molecule has 3 heterocycles. The van der Waals surface area contributed by atoms with Gasteiger partial charge in [0.25, 0.3) is 0 Å². The second-order valence-electron chi connectivity index (χ2n) is 25.3. The molecule has 24 nitrogen and oxygen atoms in total. The Kier molecular flexibility index (Phi) is 54.6. The molecule has 7 aliphatic rings. The van der Waals surface area contributed by atoms with Crippen molar-refractivity contribution in [2.24, 2.45) is 5.92 Å². The number of carbonyl (C=O) groups excluding carboxylic acids is 5. The SMILES string of the molecule is C.C.CC(=O)OC1Cc2ccc(C(C)=O)cc2C1.CC(=O)c1ccc2c(c1)CC(O)C2.CC1Cc2ccccc2C1.CC=O.CO[C@@H]1[C@@H](OC)[C@H](C)O[C@@H](O)[C@@H]1OC.CO[C@@H]1[C@@H](OC)[C@H](C)O[C@@H](OC2Cc3ccc(C(C)=O)cc3C2)[C@@H]1OC.S=C=S.[2H]B([3H])SCl.[2H]B([3H])SO[C@@H]1O[C@@H](C)[C@H](OC)[C@@H](OC)[C@H]1OC.[NH2-].[Na+].[OH-]. The number of ether oxygens (including phenoxy) is 14. The predicted molar refractivity (Wildman–Crippen MR) is 435 cm³/mol. The zero-order valence-electron chi connectivity index (χ0n) is 69.0. The molecule has 32 heteroatoms. The summed E-state index contributed by atoms with van der Waals surface area (Å²) in [6.07, 6.45) is 1.66. The van der Waals surface area contributed by atoms with Crippen molar-refractivity contribution in [1.82, 2.24) is 0 Å². The van der Waals surface area contributed by atoms with E-state index < -0.39 is 45.2 Å². The number of benzene rings is 4. The Hall–Kier alpha value is -3.35. The summed E-state index contributed by atoms with van der Waals surface area (Å²) in [6, 6.07) is 26.0. The number of esters is 1. The molecule has 4 aromatic carbocycles. The fourth-order valence-electron chi connectivity index (χ4n) is 13.5.